The van der Waals surface area contributed by atoms with Crippen molar-refractivity contribution in [2.45, 2.75) is 43.7 Å². The second-order valence-electron chi connectivity index (χ2n) is 8.90. The molecule has 4 nitrogen and oxygen atoms in total. The Hall–Kier alpha value is -2.60. The van der Waals surface area contributed by atoms with E-state index in [0.29, 0.717) is 23.7 Å². The minimum Gasteiger partial charge on any atom is -0.311 e. The van der Waals surface area contributed by atoms with E-state index in [-0.39, 0.29) is 35.9 Å². The molecule has 1 amide bonds. The molecule has 7 heteroatoms. The van der Waals surface area contributed by atoms with Gasteiger partial charge in [0.1, 0.15) is 17.3 Å². The summed E-state index contributed by atoms with van der Waals surface area (Å²) in [5, 5.41) is 3.97. The summed E-state index contributed by atoms with van der Waals surface area (Å²) in [6, 6.07) is 9.85. The summed E-state index contributed by atoms with van der Waals surface area (Å²) >= 11 is 5.80. The molecular weight excluding hydrogens is 420 g/mol. The van der Waals surface area contributed by atoms with Crippen LogP contribution in [0.3, 0.4) is 0 Å². The number of nitrogens with zero attached hydrogens (tertiary/aromatic N) is 2. The Morgan fingerprint density at radius 3 is 2.61 bits per heavy atom. The van der Waals surface area contributed by atoms with Gasteiger partial charge in [-0.2, -0.15) is 0 Å². The smallest absolute Gasteiger partial charge is 0.228 e. The van der Waals surface area contributed by atoms with E-state index in [2.05, 4.69) is 15.3 Å². The highest BCUT2D eigenvalue weighted by atomic mass is 35.5. The molecule has 2 aliphatic rings. The van der Waals surface area contributed by atoms with Gasteiger partial charge in [0, 0.05) is 17.8 Å². The molecule has 0 bridgehead atoms. The molecule has 0 saturated heterocycles. The number of aromatic nitrogens is 2. The van der Waals surface area contributed by atoms with Gasteiger partial charge < -0.3 is 5.32 Å². The van der Waals surface area contributed by atoms with Crippen LogP contribution in [-0.2, 0) is 4.79 Å². The highest BCUT2D eigenvalue weighted by molar-refractivity contribution is 6.30. The lowest BCUT2D eigenvalue weighted by Gasteiger charge is -2.22. The van der Waals surface area contributed by atoms with Crippen molar-refractivity contribution in [3.8, 4) is 0 Å². The van der Waals surface area contributed by atoms with Crippen molar-refractivity contribution in [3.63, 3.8) is 0 Å². The van der Waals surface area contributed by atoms with Gasteiger partial charge in [-0.25, -0.2) is 13.8 Å². The molecule has 2 unspecified atom stereocenters. The van der Waals surface area contributed by atoms with Crippen LogP contribution in [-0.4, -0.2) is 21.5 Å². The number of halogens is 3. The van der Waals surface area contributed by atoms with Crippen LogP contribution in [0.5, 0.6) is 0 Å². The standard InChI is InChI=1S/C24H22ClF2N3O/c25-17-1-4-22(29-13-17)30-23(31)12-24(27)10-15-7-14(8-16(15)11-24)19-5-6-28-21-3-2-18(26)9-20(19)21/h1-6,9,13-16H,7-8,10-12H2,(H,29,30,31)/t14?,15-,16+,24?. The average Bonchev–Trinajstić information content (AvgIpc) is 3.23. The van der Waals surface area contributed by atoms with Gasteiger partial charge in [-0.05, 0) is 85.4 Å². The maximum atomic E-state index is 15.5. The van der Waals surface area contributed by atoms with Gasteiger partial charge in [0.15, 0.2) is 0 Å². The Labute approximate surface area is 184 Å². The van der Waals surface area contributed by atoms with E-state index in [1.807, 2.05) is 6.07 Å². The fourth-order valence-corrected chi connectivity index (χ4v) is 5.67. The number of amides is 1. The van der Waals surface area contributed by atoms with Gasteiger partial charge in [0.25, 0.3) is 0 Å². The first kappa shape index (κ1) is 20.3. The second-order valence-corrected chi connectivity index (χ2v) is 9.33. The van der Waals surface area contributed by atoms with E-state index < -0.39 is 5.67 Å². The molecule has 2 fully saturated rings. The third kappa shape index (κ3) is 4.13. The molecule has 3 aromatic rings. The van der Waals surface area contributed by atoms with E-state index in [1.54, 1.807) is 30.5 Å². The predicted octanol–water partition coefficient (Wildman–Crippen LogP) is 6.06. The summed E-state index contributed by atoms with van der Waals surface area (Å²) in [4.78, 5) is 20.7. The maximum Gasteiger partial charge on any atom is 0.228 e. The van der Waals surface area contributed by atoms with Crippen molar-refractivity contribution in [2.75, 3.05) is 5.32 Å². The Kier molecular flexibility index (Phi) is 5.13. The number of hydrogen-bond acceptors (Lipinski definition) is 3. The molecule has 160 valence electrons. The van der Waals surface area contributed by atoms with Gasteiger partial charge >= 0.3 is 0 Å². The van der Waals surface area contributed by atoms with Gasteiger partial charge in [0.2, 0.25) is 5.91 Å². The fourth-order valence-electron chi connectivity index (χ4n) is 5.55. The number of anilines is 1. The van der Waals surface area contributed by atoms with Crippen LogP contribution in [0.4, 0.5) is 14.6 Å². The zero-order valence-corrected chi connectivity index (χ0v) is 17.6. The maximum absolute atomic E-state index is 15.5. The summed E-state index contributed by atoms with van der Waals surface area (Å²) in [7, 11) is 0. The van der Waals surface area contributed by atoms with E-state index >= 15 is 4.39 Å². The lowest BCUT2D eigenvalue weighted by molar-refractivity contribution is -0.118. The zero-order chi connectivity index (χ0) is 21.6. The minimum absolute atomic E-state index is 0.168. The van der Waals surface area contributed by atoms with E-state index in [9.17, 15) is 9.18 Å². The highest BCUT2D eigenvalue weighted by Gasteiger charge is 2.51. The summed E-state index contributed by atoms with van der Waals surface area (Å²) in [5.74, 6) is 0.446. The SMILES string of the molecule is O=C(CC1(F)C[C@H]2CC(c3ccnc4ccc(F)cc34)C[C@H]2C1)Nc1ccc(Cl)cn1. The molecule has 4 atom stereocenters. The first-order valence-corrected chi connectivity index (χ1v) is 10.9. The molecule has 2 saturated carbocycles. The number of hydrogen-bond donors (Lipinski definition) is 1. The number of pyridine rings is 2. The predicted molar refractivity (Wildman–Crippen MR) is 116 cm³/mol. The summed E-state index contributed by atoms with van der Waals surface area (Å²) in [6.45, 7) is 0. The van der Waals surface area contributed by atoms with Gasteiger partial charge in [-0.1, -0.05) is 11.6 Å². The Morgan fingerprint density at radius 2 is 1.90 bits per heavy atom. The first-order valence-electron chi connectivity index (χ1n) is 10.5. The van der Waals surface area contributed by atoms with Crippen molar-refractivity contribution in [2.24, 2.45) is 11.8 Å². The molecule has 31 heavy (non-hydrogen) atoms. The number of benzene rings is 1. The molecule has 0 radical (unpaired) electrons. The third-order valence-electron chi connectivity index (χ3n) is 6.75. The van der Waals surface area contributed by atoms with E-state index in [0.717, 1.165) is 29.3 Å². The number of rotatable bonds is 4. The Morgan fingerprint density at radius 1 is 1.13 bits per heavy atom. The molecular formula is C24H22ClF2N3O. The fraction of sp³-hybridized carbons (Fsp3) is 0.375. The molecule has 0 spiro atoms. The average molecular weight is 442 g/mol. The first-order chi connectivity index (χ1) is 14.9. The van der Waals surface area contributed by atoms with Crippen molar-refractivity contribution in [3.05, 3.63) is 65.2 Å². The lowest BCUT2D eigenvalue weighted by Crippen LogP contribution is -2.28. The van der Waals surface area contributed by atoms with Crippen LogP contribution in [0, 0.1) is 17.7 Å². The minimum atomic E-state index is -1.50. The zero-order valence-electron chi connectivity index (χ0n) is 16.8. The van der Waals surface area contributed by atoms with Crippen LogP contribution in [0.2, 0.25) is 5.02 Å². The van der Waals surface area contributed by atoms with Crippen LogP contribution < -0.4 is 5.32 Å². The second kappa shape index (κ2) is 7.83. The largest absolute Gasteiger partial charge is 0.311 e. The third-order valence-corrected chi connectivity index (χ3v) is 6.97. The molecule has 2 aromatic heterocycles. The lowest BCUT2D eigenvalue weighted by atomic mass is 9.88. The molecule has 1 aromatic carbocycles. The number of fused-ring (bicyclic) bond motifs is 2. The van der Waals surface area contributed by atoms with E-state index in [1.165, 1.54) is 12.3 Å². The quantitative estimate of drug-likeness (QED) is 0.535. The number of nitrogens with one attached hydrogen (secondary N) is 1. The van der Waals surface area contributed by atoms with Crippen LogP contribution in [0.25, 0.3) is 10.9 Å². The molecule has 2 aliphatic carbocycles. The van der Waals surface area contributed by atoms with Crippen molar-refractivity contribution in [1.29, 1.82) is 0 Å². The number of carbonyl (C=O) groups is 1. The topological polar surface area (TPSA) is 54.9 Å². The summed E-state index contributed by atoms with van der Waals surface area (Å²) in [5.41, 5.74) is 0.377. The summed E-state index contributed by atoms with van der Waals surface area (Å²) < 4.78 is 29.3. The molecule has 5 rings (SSSR count). The van der Waals surface area contributed by atoms with Crippen molar-refractivity contribution < 1.29 is 13.6 Å². The normalized spacial score (nSPS) is 27.4. The van der Waals surface area contributed by atoms with Crippen LogP contribution in [0.1, 0.15) is 43.6 Å². The van der Waals surface area contributed by atoms with Crippen LogP contribution >= 0.6 is 11.6 Å². The van der Waals surface area contributed by atoms with Gasteiger partial charge in [-0.15, -0.1) is 0 Å². The molecule has 1 N–H and O–H groups in total. The van der Waals surface area contributed by atoms with Crippen LogP contribution in [0.15, 0.2) is 48.8 Å². The highest BCUT2D eigenvalue weighted by Crippen LogP contribution is 2.56. The molecule has 0 aliphatic heterocycles. The van der Waals surface area contributed by atoms with Gasteiger partial charge in [0.05, 0.1) is 17.0 Å². The summed E-state index contributed by atoms with van der Waals surface area (Å²) in [6.07, 6.45) is 5.51. The Balaban J connectivity index is 1.25. The van der Waals surface area contributed by atoms with Crippen molar-refractivity contribution in [1.82, 2.24) is 9.97 Å². The van der Waals surface area contributed by atoms with E-state index in [4.69, 9.17) is 11.6 Å². The Bertz CT molecular complexity index is 1120. The molecule has 2 heterocycles. The number of alkyl halides is 1. The van der Waals surface area contributed by atoms with Gasteiger partial charge in [-0.3, -0.25) is 9.78 Å². The monoisotopic (exact) mass is 441 g/mol. The number of carbonyl (C=O) groups excluding carboxylic acids is 1. The van der Waals surface area contributed by atoms with Crippen molar-refractivity contribution >= 4 is 34.2 Å².